The van der Waals surface area contributed by atoms with Gasteiger partial charge in [-0.25, -0.2) is 0 Å². The predicted molar refractivity (Wildman–Crippen MR) is 82.0 cm³/mol. The summed E-state index contributed by atoms with van der Waals surface area (Å²) in [5.41, 5.74) is 0.285. The topological polar surface area (TPSA) is 27.7 Å². The number of rotatable bonds is 4. The van der Waals surface area contributed by atoms with Gasteiger partial charge >= 0.3 is 0 Å². The Balaban J connectivity index is 1.65. The predicted octanol–water partition coefficient (Wildman–Crippen LogP) is 4.53. The molecule has 1 aliphatic heterocycles. The summed E-state index contributed by atoms with van der Waals surface area (Å²) in [5, 5.41) is 1.02. The van der Waals surface area contributed by atoms with Crippen molar-refractivity contribution in [3.05, 3.63) is 18.2 Å². The second-order valence-electron chi connectivity index (χ2n) is 5.85. The van der Waals surface area contributed by atoms with Gasteiger partial charge in [-0.05, 0) is 25.0 Å². The quantitative estimate of drug-likeness (QED) is 0.595. The minimum atomic E-state index is 0.285. The van der Waals surface area contributed by atoms with E-state index in [2.05, 4.69) is 15.9 Å². The Morgan fingerprint density at radius 3 is 2.55 bits per heavy atom. The van der Waals surface area contributed by atoms with E-state index in [1.165, 1.54) is 38.5 Å². The lowest BCUT2D eigenvalue weighted by Gasteiger charge is -2.30. The van der Waals surface area contributed by atoms with Crippen molar-refractivity contribution in [1.29, 1.82) is 0 Å². The maximum atomic E-state index is 6.06. The first-order valence-corrected chi connectivity index (χ1v) is 8.52. The third-order valence-corrected chi connectivity index (χ3v) is 5.53. The van der Waals surface area contributed by atoms with Gasteiger partial charge in [0.25, 0.3) is 0 Å². The zero-order valence-corrected chi connectivity index (χ0v) is 13.3. The van der Waals surface area contributed by atoms with Crippen molar-refractivity contribution in [1.82, 2.24) is 0 Å². The molecule has 0 saturated heterocycles. The molecule has 20 heavy (non-hydrogen) atoms. The first-order valence-electron chi connectivity index (χ1n) is 7.40. The van der Waals surface area contributed by atoms with Crippen molar-refractivity contribution in [2.75, 3.05) is 18.7 Å². The fourth-order valence-electron chi connectivity index (χ4n) is 3.00. The van der Waals surface area contributed by atoms with E-state index >= 15 is 0 Å². The maximum Gasteiger partial charge on any atom is 0.231 e. The molecule has 0 atom stereocenters. The molecule has 3 nitrogen and oxygen atoms in total. The van der Waals surface area contributed by atoms with Crippen molar-refractivity contribution in [3.8, 4) is 17.2 Å². The third-order valence-electron chi connectivity index (χ3n) is 4.34. The van der Waals surface area contributed by atoms with Gasteiger partial charge in [0.15, 0.2) is 11.5 Å². The molecule has 1 aromatic carbocycles. The summed E-state index contributed by atoms with van der Waals surface area (Å²) in [4.78, 5) is 0. The van der Waals surface area contributed by atoms with Crippen molar-refractivity contribution >= 4 is 15.9 Å². The summed E-state index contributed by atoms with van der Waals surface area (Å²) < 4.78 is 16.8. The van der Waals surface area contributed by atoms with Crippen LogP contribution >= 0.6 is 15.9 Å². The number of ether oxygens (including phenoxy) is 3. The molecule has 0 radical (unpaired) electrons. The Bertz CT molecular complexity index is 453. The fraction of sp³-hybridized carbons (Fsp3) is 0.625. The molecule has 2 aliphatic rings. The van der Waals surface area contributed by atoms with Crippen LogP contribution in [0.3, 0.4) is 0 Å². The highest BCUT2D eigenvalue weighted by molar-refractivity contribution is 9.09. The SMILES string of the molecule is BrCC1(COc2ccc3c(c2)OCO3)CCCCCC1. The summed E-state index contributed by atoms with van der Waals surface area (Å²) >= 11 is 3.70. The molecule has 0 N–H and O–H groups in total. The van der Waals surface area contributed by atoms with Gasteiger partial charge in [0, 0.05) is 16.8 Å². The first kappa shape index (κ1) is 14.1. The number of benzene rings is 1. The Kier molecular flexibility index (Phi) is 4.39. The van der Waals surface area contributed by atoms with Gasteiger partial charge < -0.3 is 14.2 Å². The molecule has 0 spiro atoms. The van der Waals surface area contributed by atoms with Crippen LogP contribution in [0.1, 0.15) is 38.5 Å². The molecule has 1 fully saturated rings. The second-order valence-corrected chi connectivity index (χ2v) is 6.41. The molecule has 4 heteroatoms. The monoisotopic (exact) mass is 340 g/mol. The zero-order chi connectivity index (χ0) is 13.8. The van der Waals surface area contributed by atoms with Crippen LogP contribution in [0.25, 0.3) is 0 Å². The van der Waals surface area contributed by atoms with Crippen molar-refractivity contribution in [2.24, 2.45) is 5.41 Å². The summed E-state index contributed by atoms with van der Waals surface area (Å²) in [5.74, 6) is 2.47. The van der Waals surface area contributed by atoms with Crippen molar-refractivity contribution in [2.45, 2.75) is 38.5 Å². The second kappa shape index (κ2) is 6.25. The van der Waals surface area contributed by atoms with Gasteiger partial charge in [-0.3, -0.25) is 0 Å². The molecule has 3 rings (SSSR count). The molecule has 1 saturated carbocycles. The van der Waals surface area contributed by atoms with Crippen LogP contribution in [0, 0.1) is 5.41 Å². The van der Waals surface area contributed by atoms with Crippen LogP contribution < -0.4 is 14.2 Å². The first-order chi connectivity index (χ1) is 9.81. The van der Waals surface area contributed by atoms with E-state index in [0.717, 1.165) is 29.2 Å². The van der Waals surface area contributed by atoms with Crippen LogP contribution in [0.5, 0.6) is 17.2 Å². The maximum absolute atomic E-state index is 6.06. The summed E-state index contributed by atoms with van der Waals surface area (Å²) in [7, 11) is 0. The van der Waals surface area contributed by atoms with Gasteiger partial charge in [-0.15, -0.1) is 0 Å². The highest BCUT2D eigenvalue weighted by atomic mass is 79.9. The van der Waals surface area contributed by atoms with E-state index in [9.17, 15) is 0 Å². The lowest BCUT2D eigenvalue weighted by molar-refractivity contribution is 0.148. The van der Waals surface area contributed by atoms with E-state index in [-0.39, 0.29) is 5.41 Å². The Labute approximate surface area is 128 Å². The lowest BCUT2D eigenvalue weighted by Crippen LogP contribution is -2.29. The lowest BCUT2D eigenvalue weighted by atomic mass is 9.83. The van der Waals surface area contributed by atoms with Crippen LogP contribution in [0.15, 0.2) is 18.2 Å². The fourth-order valence-corrected chi connectivity index (χ4v) is 3.72. The third kappa shape index (κ3) is 3.05. The Hall–Kier alpha value is -0.900. The van der Waals surface area contributed by atoms with Crippen LogP contribution in [-0.2, 0) is 0 Å². The van der Waals surface area contributed by atoms with Crippen LogP contribution in [0.2, 0.25) is 0 Å². The summed E-state index contributed by atoms with van der Waals surface area (Å²) in [6.07, 6.45) is 7.86. The number of hydrogen-bond acceptors (Lipinski definition) is 3. The highest BCUT2D eigenvalue weighted by Gasteiger charge is 2.31. The van der Waals surface area contributed by atoms with Gasteiger partial charge in [-0.1, -0.05) is 41.6 Å². The number of halogens is 1. The summed E-state index contributed by atoms with van der Waals surface area (Å²) in [6, 6.07) is 5.82. The molecule has 1 aromatic rings. The normalized spacial score (nSPS) is 20.4. The molecule has 110 valence electrons. The smallest absolute Gasteiger partial charge is 0.231 e. The van der Waals surface area contributed by atoms with E-state index < -0.39 is 0 Å². The van der Waals surface area contributed by atoms with Crippen LogP contribution in [0.4, 0.5) is 0 Å². The van der Waals surface area contributed by atoms with Crippen LogP contribution in [-0.4, -0.2) is 18.7 Å². The summed E-state index contributed by atoms with van der Waals surface area (Å²) in [6.45, 7) is 1.09. The van der Waals surface area contributed by atoms with E-state index in [4.69, 9.17) is 14.2 Å². The minimum Gasteiger partial charge on any atom is -0.493 e. The molecule has 1 heterocycles. The highest BCUT2D eigenvalue weighted by Crippen LogP contribution is 2.39. The van der Waals surface area contributed by atoms with Gasteiger partial charge in [-0.2, -0.15) is 0 Å². The van der Waals surface area contributed by atoms with E-state index in [0.29, 0.717) is 6.79 Å². The molecule has 0 bridgehead atoms. The molecule has 0 amide bonds. The van der Waals surface area contributed by atoms with E-state index in [1.54, 1.807) is 0 Å². The number of fused-ring (bicyclic) bond motifs is 1. The van der Waals surface area contributed by atoms with Crippen molar-refractivity contribution in [3.63, 3.8) is 0 Å². The Morgan fingerprint density at radius 1 is 1.05 bits per heavy atom. The molecule has 1 aliphatic carbocycles. The molecule has 0 aromatic heterocycles. The average Bonchev–Trinajstić information content (AvgIpc) is 2.82. The molecular formula is C16H21BrO3. The zero-order valence-electron chi connectivity index (χ0n) is 11.7. The average molecular weight is 341 g/mol. The van der Waals surface area contributed by atoms with Gasteiger partial charge in [0.05, 0.1) is 6.61 Å². The van der Waals surface area contributed by atoms with E-state index in [1.807, 2.05) is 18.2 Å². The standard InChI is InChI=1S/C16H21BrO3/c17-10-16(7-3-1-2-4-8-16)11-18-13-5-6-14-15(9-13)20-12-19-14/h5-6,9H,1-4,7-8,10-12H2. The largest absolute Gasteiger partial charge is 0.493 e. The molecule has 0 unspecified atom stereocenters. The van der Waals surface area contributed by atoms with Gasteiger partial charge in [0.1, 0.15) is 5.75 Å². The van der Waals surface area contributed by atoms with Gasteiger partial charge in [0.2, 0.25) is 6.79 Å². The number of hydrogen-bond donors (Lipinski definition) is 0. The van der Waals surface area contributed by atoms with Crippen molar-refractivity contribution < 1.29 is 14.2 Å². The molecular weight excluding hydrogens is 320 g/mol. The Morgan fingerprint density at radius 2 is 1.80 bits per heavy atom. The minimum absolute atomic E-state index is 0.285. The number of alkyl halides is 1.